The van der Waals surface area contributed by atoms with Crippen molar-refractivity contribution >= 4 is 21.9 Å². The molecule has 0 spiro atoms. The number of aliphatic carboxylic acids is 1. The minimum Gasteiger partial charge on any atom is -0.508 e. The van der Waals surface area contributed by atoms with Gasteiger partial charge in [0.25, 0.3) is 5.91 Å². The zero-order chi connectivity index (χ0) is 24.3. The van der Waals surface area contributed by atoms with Gasteiger partial charge >= 0.3 is 5.97 Å². The maximum atomic E-state index is 13.3. The maximum absolute atomic E-state index is 13.3. The first kappa shape index (κ1) is 23.5. The number of nitrogens with zero attached hydrogens (tertiary/aromatic N) is 1. The van der Waals surface area contributed by atoms with Crippen LogP contribution in [0.1, 0.15) is 23.2 Å². The number of piperidine rings is 1. The van der Waals surface area contributed by atoms with Gasteiger partial charge < -0.3 is 15.5 Å². The van der Waals surface area contributed by atoms with Crippen molar-refractivity contribution in [2.24, 2.45) is 0 Å². The van der Waals surface area contributed by atoms with Crippen molar-refractivity contribution in [2.45, 2.75) is 29.8 Å². The molecule has 1 saturated heterocycles. The Bertz CT molecular complexity index is 1280. The molecule has 3 aromatic rings. The highest BCUT2D eigenvalue weighted by Crippen LogP contribution is 2.28. The Balaban J connectivity index is 1.50. The Kier molecular flexibility index (Phi) is 6.67. The Labute approximate surface area is 197 Å². The number of phenols is 1. The van der Waals surface area contributed by atoms with Gasteiger partial charge in [0.15, 0.2) is 0 Å². The molecule has 0 bridgehead atoms. The van der Waals surface area contributed by atoms with E-state index in [1.165, 1.54) is 24.3 Å². The smallest absolute Gasteiger partial charge is 0.322 e. The van der Waals surface area contributed by atoms with E-state index in [9.17, 15) is 28.2 Å². The van der Waals surface area contributed by atoms with Gasteiger partial charge in [0.1, 0.15) is 11.8 Å². The molecule has 1 aliphatic heterocycles. The van der Waals surface area contributed by atoms with E-state index in [0.29, 0.717) is 12.0 Å². The number of sulfonamides is 1. The number of carboxylic acid groups (broad SMARTS) is 1. The molecular weight excluding hydrogens is 456 g/mol. The second-order valence-electron chi connectivity index (χ2n) is 8.10. The minimum absolute atomic E-state index is 0.00644. The number of hydrogen-bond acceptors (Lipinski definition) is 5. The Morgan fingerprint density at radius 1 is 0.882 bits per heavy atom. The summed E-state index contributed by atoms with van der Waals surface area (Å²) in [5.74, 6) is -1.45. The second-order valence-corrected chi connectivity index (χ2v) is 9.99. The highest BCUT2D eigenvalue weighted by Gasteiger charge is 2.41. The second kappa shape index (κ2) is 9.66. The van der Waals surface area contributed by atoms with Gasteiger partial charge in [-0.3, -0.25) is 9.59 Å². The van der Waals surface area contributed by atoms with E-state index < -0.39 is 28.1 Å². The van der Waals surface area contributed by atoms with Crippen molar-refractivity contribution in [3.63, 3.8) is 0 Å². The SMILES string of the molecule is O=C(N[C@@H]1CCN(S(=O)(=O)c2ccc(-c3ccc(O)cc3)cc2)[C@@H](C(=O)O)C1)c1ccccc1. The third-order valence-corrected chi connectivity index (χ3v) is 7.79. The monoisotopic (exact) mass is 480 g/mol. The van der Waals surface area contributed by atoms with Crippen LogP contribution < -0.4 is 5.32 Å². The van der Waals surface area contributed by atoms with E-state index in [4.69, 9.17) is 0 Å². The van der Waals surface area contributed by atoms with Crippen LogP contribution in [0.4, 0.5) is 0 Å². The van der Waals surface area contributed by atoms with E-state index in [1.807, 2.05) is 0 Å². The van der Waals surface area contributed by atoms with Crippen LogP contribution in [0.3, 0.4) is 0 Å². The molecule has 1 fully saturated rings. The first-order valence-corrected chi connectivity index (χ1v) is 12.2. The third kappa shape index (κ3) is 4.95. The maximum Gasteiger partial charge on any atom is 0.322 e. The fraction of sp³-hybridized carbons (Fsp3) is 0.200. The molecule has 0 aromatic heterocycles. The predicted octanol–water partition coefficient (Wildman–Crippen LogP) is 3.10. The molecule has 1 amide bonds. The number of phenolic OH excluding ortho intramolecular Hbond substituents is 1. The van der Waals surface area contributed by atoms with E-state index in [2.05, 4.69) is 5.32 Å². The van der Waals surface area contributed by atoms with Crippen LogP contribution in [0, 0.1) is 0 Å². The quantitative estimate of drug-likeness (QED) is 0.498. The summed E-state index contributed by atoms with van der Waals surface area (Å²) >= 11 is 0. The van der Waals surface area contributed by atoms with Crippen LogP contribution >= 0.6 is 0 Å². The highest BCUT2D eigenvalue weighted by atomic mass is 32.2. The molecule has 0 aliphatic carbocycles. The van der Waals surface area contributed by atoms with Crippen LogP contribution in [0.2, 0.25) is 0 Å². The minimum atomic E-state index is -4.07. The number of rotatable bonds is 6. The third-order valence-electron chi connectivity index (χ3n) is 5.87. The standard InChI is InChI=1S/C25H24N2O6S/c28-21-10-6-17(7-11-21)18-8-12-22(13-9-18)34(32,33)27-15-14-20(16-23(27)25(30)31)26-24(29)19-4-2-1-3-5-19/h1-13,20,23,28H,14-16H2,(H,26,29)(H,30,31)/t20-,23-/m1/s1. The van der Waals surface area contributed by atoms with Crippen LogP contribution in [-0.2, 0) is 14.8 Å². The Hall–Kier alpha value is -3.69. The predicted molar refractivity (Wildman–Crippen MR) is 126 cm³/mol. The summed E-state index contributed by atoms with van der Waals surface area (Å²) in [5, 5.41) is 22.0. The number of hydrogen-bond donors (Lipinski definition) is 3. The molecule has 34 heavy (non-hydrogen) atoms. The number of carboxylic acids is 1. The van der Waals surface area contributed by atoms with E-state index in [-0.39, 0.29) is 29.5 Å². The molecule has 3 aromatic carbocycles. The molecule has 0 unspecified atom stereocenters. The molecule has 0 saturated carbocycles. The van der Waals surface area contributed by atoms with Gasteiger partial charge in [0.05, 0.1) is 4.90 Å². The van der Waals surface area contributed by atoms with Crippen LogP contribution in [0.25, 0.3) is 11.1 Å². The summed E-state index contributed by atoms with van der Waals surface area (Å²) in [4.78, 5) is 24.4. The highest BCUT2D eigenvalue weighted by molar-refractivity contribution is 7.89. The summed E-state index contributed by atoms with van der Waals surface area (Å²) < 4.78 is 27.6. The summed E-state index contributed by atoms with van der Waals surface area (Å²) in [5.41, 5.74) is 2.02. The van der Waals surface area contributed by atoms with Crippen molar-refractivity contribution in [1.82, 2.24) is 9.62 Å². The average molecular weight is 481 g/mol. The first-order valence-electron chi connectivity index (χ1n) is 10.8. The zero-order valence-electron chi connectivity index (χ0n) is 18.2. The lowest BCUT2D eigenvalue weighted by molar-refractivity contribution is -0.142. The molecular formula is C25H24N2O6S. The molecule has 1 heterocycles. The van der Waals surface area contributed by atoms with E-state index in [0.717, 1.165) is 15.4 Å². The number of nitrogens with one attached hydrogen (secondary N) is 1. The van der Waals surface area contributed by atoms with E-state index in [1.54, 1.807) is 54.6 Å². The fourth-order valence-corrected chi connectivity index (χ4v) is 5.66. The fourth-order valence-electron chi connectivity index (χ4n) is 4.05. The molecule has 9 heteroatoms. The number of carbonyl (C=O) groups excluding carboxylic acids is 1. The number of benzene rings is 3. The van der Waals surface area contributed by atoms with Crippen molar-refractivity contribution in [2.75, 3.05) is 6.54 Å². The first-order chi connectivity index (χ1) is 16.3. The lowest BCUT2D eigenvalue weighted by Gasteiger charge is -2.36. The topological polar surface area (TPSA) is 124 Å². The summed E-state index contributed by atoms with van der Waals surface area (Å²) in [7, 11) is -4.07. The molecule has 3 N–H and O–H groups in total. The van der Waals surface area contributed by atoms with Gasteiger partial charge in [-0.1, -0.05) is 42.5 Å². The molecule has 2 atom stereocenters. The Morgan fingerprint density at radius 2 is 1.47 bits per heavy atom. The number of aromatic hydroxyl groups is 1. The van der Waals surface area contributed by atoms with Crippen LogP contribution in [0.5, 0.6) is 5.75 Å². The van der Waals surface area contributed by atoms with Crippen molar-refractivity contribution in [3.8, 4) is 16.9 Å². The number of carbonyl (C=O) groups is 2. The number of amides is 1. The van der Waals surface area contributed by atoms with Gasteiger partial charge in [-0.05, 0) is 60.4 Å². The average Bonchev–Trinajstić information content (AvgIpc) is 2.85. The van der Waals surface area contributed by atoms with E-state index >= 15 is 0 Å². The Morgan fingerprint density at radius 3 is 2.06 bits per heavy atom. The van der Waals surface area contributed by atoms with Gasteiger partial charge in [-0.2, -0.15) is 4.31 Å². The van der Waals surface area contributed by atoms with Crippen LogP contribution in [-0.4, -0.2) is 53.4 Å². The van der Waals surface area contributed by atoms with Gasteiger partial charge in [0, 0.05) is 18.2 Å². The van der Waals surface area contributed by atoms with Gasteiger partial charge in [0.2, 0.25) is 10.0 Å². The summed E-state index contributed by atoms with van der Waals surface area (Å²) in [6.45, 7) is -0.0290. The molecule has 176 valence electrons. The van der Waals surface area contributed by atoms with Crippen molar-refractivity contribution in [3.05, 3.63) is 84.4 Å². The molecule has 1 aliphatic rings. The summed E-state index contributed by atoms with van der Waals surface area (Å²) in [6, 6.07) is 19.5. The van der Waals surface area contributed by atoms with Crippen molar-refractivity contribution < 1.29 is 28.2 Å². The summed E-state index contributed by atoms with van der Waals surface area (Å²) in [6.07, 6.45) is 0.270. The lowest BCUT2D eigenvalue weighted by Crippen LogP contribution is -2.54. The molecule has 0 radical (unpaired) electrons. The van der Waals surface area contributed by atoms with Crippen molar-refractivity contribution in [1.29, 1.82) is 0 Å². The van der Waals surface area contributed by atoms with Gasteiger partial charge in [-0.25, -0.2) is 8.42 Å². The molecule has 4 rings (SSSR count). The normalized spacial score (nSPS) is 18.8. The van der Waals surface area contributed by atoms with Gasteiger partial charge in [-0.15, -0.1) is 0 Å². The largest absolute Gasteiger partial charge is 0.508 e. The van der Waals surface area contributed by atoms with Crippen LogP contribution in [0.15, 0.2) is 83.8 Å². The molecule has 8 nitrogen and oxygen atoms in total. The lowest BCUT2D eigenvalue weighted by atomic mass is 9.99. The zero-order valence-corrected chi connectivity index (χ0v) is 19.0.